The third-order valence-corrected chi connectivity index (χ3v) is 5.43. The summed E-state index contributed by atoms with van der Waals surface area (Å²) in [7, 11) is 0. The number of nitrogens with zero attached hydrogens (tertiary/aromatic N) is 7. The standard InChI is InChI=1S/C22H16FN9/c1-11-3-5-24-7-13(11)14-8-26-20-16(17(14)23)19(30-31-20)22-28-18-15(4-6-25-21(18)29-22)32-9-12(2)27-10-32/h3-10H,1-2H3,(H,25,28,29)(H,26,30,31). The largest absolute Gasteiger partial charge is 0.321 e. The van der Waals surface area contributed by atoms with Gasteiger partial charge in [-0.05, 0) is 31.5 Å². The number of aryl methyl sites for hydroxylation is 2. The molecule has 0 aliphatic rings. The second kappa shape index (κ2) is 6.77. The van der Waals surface area contributed by atoms with Gasteiger partial charge in [-0.1, -0.05) is 0 Å². The molecule has 6 aromatic heterocycles. The number of halogens is 1. The number of fused-ring (bicyclic) bond motifs is 2. The Morgan fingerprint density at radius 1 is 0.969 bits per heavy atom. The van der Waals surface area contributed by atoms with Crippen molar-refractivity contribution in [2.24, 2.45) is 0 Å². The summed E-state index contributed by atoms with van der Waals surface area (Å²) in [5.74, 6) is -0.0440. The summed E-state index contributed by atoms with van der Waals surface area (Å²) in [6.45, 7) is 3.82. The number of nitrogens with one attached hydrogen (secondary N) is 2. The Morgan fingerprint density at radius 3 is 2.69 bits per heavy atom. The molecule has 9 nitrogen and oxygen atoms in total. The lowest BCUT2D eigenvalue weighted by Gasteiger charge is -2.06. The van der Waals surface area contributed by atoms with Gasteiger partial charge in [0.1, 0.15) is 17.0 Å². The lowest BCUT2D eigenvalue weighted by molar-refractivity contribution is 0.642. The summed E-state index contributed by atoms with van der Waals surface area (Å²) in [5.41, 5.74) is 5.49. The molecular weight excluding hydrogens is 409 g/mol. The summed E-state index contributed by atoms with van der Waals surface area (Å²) in [5, 5.41) is 7.36. The number of imidazole rings is 2. The Bertz CT molecular complexity index is 1630. The van der Waals surface area contributed by atoms with E-state index in [-0.39, 0.29) is 5.39 Å². The highest BCUT2D eigenvalue weighted by molar-refractivity contribution is 5.94. The van der Waals surface area contributed by atoms with Crippen LogP contribution in [0.15, 0.2) is 49.4 Å². The summed E-state index contributed by atoms with van der Waals surface area (Å²) in [6, 6.07) is 3.68. The van der Waals surface area contributed by atoms with Gasteiger partial charge in [-0.3, -0.25) is 10.1 Å². The SMILES string of the molecule is Cc1cn(-c2ccnc3[nH]c(-c4n[nH]c5ncc(-c6cnccc6C)c(F)c45)nc23)cn1. The Balaban J connectivity index is 1.56. The third-order valence-electron chi connectivity index (χ3n) is 5.43. The molecule has 6 rings (SSSR count). The van der Waals surface area contributed by atoms with Gasteiger partial charge >= 0.3 is 0 Å². The van der Waals surface area contributed by atoms with Gasteiger partial charge in [0.15, 0.2) is 17.1 Å². The third kappa shape index (κ3) is 2.69. The van der Waals surface area contributed by atoms with Crippen LogP contribution in [0, 0.1) is 19.7 Å². The summed E-state index contributed by atoms with van der Waals surface area (Å²) < 4.78 is 17.6. The van der Waals surface area contributed by atoms with E-state index >= 15 is 4.39 Å². The van der Waals surface area contributed by atoms with Crippen LogP contribution in [0.1, 0.15) is 11.3 Å². The predicted molar refractivity (Wildman–Crippen MR) is 117 cm³/mol. The maximum atomic E-state index is 15.7. The molecule has 156 valence electrons. The highest BCUT2D eigenvalue weighted by Crippen LogP contribution is 2.33. The van der Waals surface area contributed by atoms with Crippen molar-refractivity contribution in [3.63, 3.8) is 0 Å². The quantitative estimate of drug-likeness (QED) is 0.445. The first-order valence-corrected chi connectivity index (χ1v) is 9.90. The molecule has 0 aromatic carbocycles. The Labute approximate surface area is 180 Å². The molecule has 0 aliphatic heterocycles. The number of pyridine rings is 3. The van der Waals surface area contributed by atoms with E-state index in [0.717, 1.165) is 16.9 Å². The molecule has 0 spiro atoms. The molecule has 6 heterocycles. The van der Waals surface area contributed by atoms with E-state index in [1.165, 1.54) is 6.20 Å². The number of hydrogen-bond donors (Lipinski definition) is 2. The minimum atomic E-state index is -0.436. The molecular formula is C22H16FN9. The number of aromatic amines is 2. The zero-order valence-corrected chi connectivity index (χ0v) is 17.1. The van der Waals surface area contributed by atoms with Crippen LogP contribution < -0.4 is 0 Å². The minimum absolute atomic E-state index is 0.254. The summed E-state index contributed by atoms with van der Waals surface area (Å²) in [4.78, 5) is 25.0. The number of aromatic nitrogens is 9. The molecule has 2 N–H and O–H groups in total. The van der Waals surface area contributed by atoms with Crippen LogP contribution in [0.5, 0.6) is 0 Å². The first kappa shape index (κ1) is 18.3. The van der Waals surface area contributed by atoms with Gasteiger partial charge in [0.25, 0.3) is 0 Å². The van der Waals surface area contributed by atoms with Gasteiger partial charge in [0, 0.05) is 42.1 Å². The Morgan fingerprint density at radius 2 is 1.88 bits per heavy atom. The summed E-state index contributed by atoms with van der Waals surface area (Å²) >= 11 is 0. The molecule has 0 fully saturated rings. The lowest BCUT2D eigenvalue weighted by atomic mass is 10.0. The minimum Gasteiger partial charge on any atom is -0.321 e. The van der Waals surface area contributed by atoms with Crippen LogP contribution in [0.4, 0.5) is 4.39 Å². The van der Waals surface area contributed by atoms with Crippen LogP contribution >= 0.6 is 0 Å². The number of rotatable bonds is 3. The Hall–Kier alpha value is -4.47. The molecule has 0 aliphatic carbocycles. The maximum Gasteiger partial charge on any atom is 0.161 e. The molecule has 0 saturated heterocycles. The van der Waals surface area contributed by atoms with Crippen molar-refractivity contribution in [1.82, 2.24) is 44.7 Å². The molecule has 10 heteroatoms. The fourth-order valence-electron chi connectivity index (χ4n) is 3.83. The average molecular weight is 425 g/mol. The van der Waals surface area contributed by atoms with E-state index in [9.17, 15) is 0 Å². The van der Waals surface area contributed by atoms with Gasteiger partial charge in [-0.2, -0.15) is 5.10 Å². The average Bonchev–Trinajstić information content (AvgIpc) is 3.52. The molecule has 0 saturated carbocycles. The van der Waals surface area contributed by atoms with Crippen LogP contribution in [-0.4, -0.2) is 44.7 Å². The topological polar surface area (TPSA) is 114 Å². The van der Waals surface area contributed by atoms with Gasteiger partial charge < -0.3 is 9.55 Å². The van der Waals surface area contributed by atoms with Gasteiger partial charge in [-0.25, -0.2) is 24.3 Å². The van der Waals surface area contributed by atoms with Crippen LogP contribution in [0.2, 0.25) is 0 Å². The van der Waals surface area contributed by atoms with E-state index in [2.05, 4.69) is 35.1 Å². The molecule has 0 amide bonds. The fourth-order valence-corrected chi connectivity index (χ4v) is 3.83. The lowest BCUT2D eigenvalue weighted by Crippen LogP contribution is -1.93. The molecule has 0 unspecified atom stereocenters. The smallest absolute Gasteiger partial charge is 0.161 e. The first-order chi connectivity index (χ1) is 15.6. The van der Waals surface area contributed by atoms with Gasteiger partial charge in [0.05, 0.1) is 23.1 Å². The maximum absolute atomic E-state index is 15.7. The Kier molecular flexibility index (Phi) is 3.88. The second-order valence-electron chi connectivity index (χ2n) is 7.51. The van der Waals surface area contributed by atoms with E-state index < -0.39 is 5.82 Å². The van der Waals surface area contributed by atoms with Crippen molar-refractivity contribution in [3.05, 3.63) is 66.5 Å². The van der Waals surface area contributed by atoms with E-state index in [1.807, 2.05) is 36.7 Å². The number of hydrogen-bond acceptors (Lipinski definition) is 6. The van der Waals surface area contributed by atoms with Gasteiger partial charge in [-0.15, -0.1) is 0 Å². The molecule has 0 radical (unpaired) electrons. The summed E-state index contributed by atoms with van der Waals surface area (Å²) in [6.07, 6.45) is 10.1. The second-order valence-corrected chi connectivity index (χ2v) is 7.51. The monoisotopic (exact) mass is 425 g/mol. The molecule has 0 bridgehead atoms. The van der Waals surface area contributed by atoms with Crippen molar-refractivity contribution >= 4 is 22.2 Å². The zero-order chi connectivity index (χ0) is 21.8. The molecule has 0 atom stereocenters. The zero-order valence-electron chi connectivity index (χ0n) is 17.1. The van der Waals surface area contributed by atoms with Crippen molar-refractivity contribution < 1.29 is 4.39 Å². The van der Waals surface area contributed by atoms with E-state index in [4.69, 9.17) is 4.98 Å². The van der Waals surface area contributed by atoms with E-state index in [1.54, 1.807) is 24.9 Å². The fraction of sp³-hybridized carbons (Fsp3) is 0.0909. The normalized spacial score (nSPS) is 11.6. The van der Waals surface area contributed by atoms with Gasteiger partial charge in [0.2, 0.25) is 0 Å². The predicted octanol–water partition coefficient (Wildman–Crippen LogP) is 3.90. The van der Waals surface area contributed by atoms with Crippen molar-refractivity contribution in [2.75, 3.05) is 0 Å². The van der Waals surface area contributed by atoms with E-state index in [0.29, 0.717) is 39.5 Å². The molecule has 32 heavy (non-hydrogen) atoms. The van der Waals surface area contributed by atoms with Crippen molar-refractivity contribution in [3.8, 4) is 28.3 Å². The molecule has 6 aromatic rings. The first-order valence-electron chi connectivity index (χ1n) is 9.90. The van der Waals surface area contributed by atoms with Crippen LogP contribution in [0.3, 0.4) is 0 Å². The van der Waals surface area contributed by atoms with Crippen molar-refractivity contribution in [2.45, 2.75) is 13.8 Å². The van der Waals surface area contributed by atoms with Crippen LogP contribution in [-0.2, 0) is 0 Å². The number of H-pyrrole nitrogens is 2. The van der Waals surface area contributed by atoms with Crippen molar-refractivity contribution in [1.29, 1.82) is 0 Å². The highest BCUT2D eigenvalue weighted by Gasteiger charge is 2.22. The highest BCUT2D eigenvalue weighted by atomic mass is 19.1. The van der Waals surface area contributed by atoms with Crippen LogP contribution in [0.25, 0.3) is 50.5 Å².